The Morgan fingerprint density at radius 3 is 2.57 bits per heavy atom. The van der Waals surface area contributed by atoms with Crippen LogP contribution < -0.4 is 10.5 Å². The van der Waals surface area contributed by atoms with Crippen molar-refractivity contribution in [3.05, 3.63) is 29.8 Å². The lowest BCUT2D eigenvalue weighted by molar-refractivity contribution is -0.0965. The highest BCUT2D eigenvalue weighted by atomic mass is 35.5. The summed E-state index contributed by atoms with van der Waals surface area (Å²) in [6.45, 7) is 0.269. The molecule has 0 aliphatic rings. The van der Waals surface area contributed by atoms with Crippen LogP contribution >= 0.6 is 24.0 Å². The van der Waals surface area contributed by atoms with Gasteiger partial charge in [0, 0.05) is 18.1 Å². The maximum atomic E-state index is 12.2. The summed E-state index contributed by atoms with van der Waals surface area (Å²) in [5.74, 6) is 0.00273. The van der Waals surface area contributed by atoms with Crippen molar-refractivity contribution in [1.29, 1.82) is 0 Å². The summed E-state index contributed by atoms with van der Waals surface area (Å²) in [7, 11) is 0. The van der Waals surface area contributed by atoms with E-state index in [1.807, 2.05) is 0 Å². The van der Waals surface area contributed by atoms with Crippen LogP contribution in [0, 0.1) is 0 Å². The molecule has 0 aromatic heterocycles. The maximum Gasteiger partial charge on any atom is 0.487 e. The highest BCUT2D eigenvalue weighted by Gasteiger charge is 2.27. The van der Waals surface area contributed by atoms with Gasteiger partial charge in [-0.25, -0.2) is 0 Å². The fourth-order valence-corrected chi connectivity index (χ4v) is 0.959. The monoisotopic (exact) mass is 243 g/mol. The molecule has 0 bridgehead atoms. The molecule has 1 aromatic carbocycles. The standard InChI is InChI=1S/C8H8ClF2NO.ClH/c9-8(10,11)13-7-3-1-2-6(4-7)5-12;/h1-4H,5,12H2;1H. The number of rotatable bonds is 3. The minimum absolute atomic E-state index is 0. The van der Waals surface area contributed by atoms with Crippen molar-refractivity contribution in [3.63, 3.8) is 0 Å². The Hall–Kier alpha value is -0.580. The highest BCUT2D eigenvalue weighted by Crippen LogP contribution is 2.25. The van der Waals surface area contributed by atoms with Crippen molar-refractivity contribution < 1.29 is 13.5 Å². The van der Waals surface area contributed by atoms with Gasteiger partial charge in [-0.3, -0.25) is 0 Å². The Balaban J connectivity index is 0.00000169. The van der Waals surface area contributed by atoms with Crippen LogP contribution in [0.4, 0.5) is 8.78 Å². The molecule has 6 heteroatoms. The molecule has 0 spiro atoms. The van der Waals surface area contributed by atoms with Gasteiger partial charge in [0.2, 0.25) is 0 Å². The first-order valence-corrected chi connectivity index (χ1v) is 3.94. The lowest BCUT2D eigenvalue weighted by atomic mass is 10.2. The number of halogens is 4. The minimum Gasteiger partial charge on any atom is -0.420 e. The summed E-state index contributed by atoms with van der Waals surface area (Å²) >= 11 is 4.58. The van der Waals surface area contributed by atoms with E-state index >= 15 is 0 Å². The number of alkyl halides is 3. The molecule has 0 fully saturated rings. The van der Waals surface area contributed by atoms with Gasteiger partial charge in [0.1, 0.15) is 5.75 Å². The molecule has 0 saturated carbocycles. The number of hydrogen-bond donors (Lipinski definition) is 1. The van der Waals surface area contributed by atoms with Crippen molar-refractivity contribution in [2.24, 2.45) is 5.73 Å². The third-order valence-electron chi connectivity index (χ3n) is 1.37. The molecule has 0 saturated heterocycles. The Kier molecular flexibility index (Phi) is 5.12. The van der Waals surface area contributed by atoms with Gasteiger partial charge in [-0.2, -0.15) is 0 Å². The second-order valence-corrected chi connectivity index (χ2v) is 2.84. The highest BCUT2D eigenvalue weighted by molar-refractivity contribution is 6.20. The quantitative estimate of drug-likeness (QED) is 0.829. The van der Waals surface area contributed by atoms with Gasteiger partial charge >= 0.3 is 5.57 Å². The molecule has 0 aliphatic carbocycles. The molecular formula is C8H9Cl2F2NO. The maximum absolute atomic E-state index is 12.2. The van der Waals surface area contributed by atoms with Crippen LogP contribution in [0.25, 0.3) is 0 Å². The second-order valence-electron chi connectivity index (χ2n) is 2.40. The zero-order chi connectivity index (χ0) is 9.90. The van der Waals surface area contributed by atoms with Gasteiger partial charge < -0.3 is 10.5 Å². The lowest BCUT2D eigenvalue weighted by Crippen LogP contribution is -2.15. The van der Waals surface area contributed by atoms with Crippen molar-refractivity contribution >= 4 is 24.0 Å². The predicted molar refractivity (Wildman–Crippen MR) is 53.0 cm³/mol. The molecule has 80 valence electrons. The zero-order valence-electron chi connectivity index (χ0n) is 7.04. The normalized spacial score (nSPS) is 10.6. The molecule has 14 heavy (non-hydrogen) atoms. The third-order valence-corrected chi connectivity index (χ3v) is 1.44. The van der Waals surface area contributed by atoms with Crippen molar-refractivity contribution in [2.45, 2.75) is 12.1 Å². The first kappa shape index (κ1) is 13.4. The Bertz CT molecular complexity index is 291. The lowest BCUT2D eigenvalue weighted by Gasteiger charge is -2.10. The summed E-state index contributed by atoms with van der Waals surface area (Å²) < 4.78 is 28.4. The predicted octanol–water partition coefficient (Wildman–Crippen LogP) is 2.74. The van der Waals surface area contributed by atoms with E-state index in [1.165, 1.54) is 12.1 Å². The molecule has 0 amide bonds. The van der Waals surface area contributed by atoms with E-state index in [2.05, 4.69) is 16.3 Å². The summed E-state index contributed by atoms with van der Waals surface area (Å²) in [5, 5.41) is 0. The molecule has 0 heterocycles. The van der Waals surface area contributed by atoms with Crippen LogP contribution in [0.1, 0.15) is 5.56 Å². The molecule has 0 atom stereocenters. The molecule has 0 radical (unpaired) electrons. The third kappa shape index (κ3) is 4.60. The molecule has 0 aliphatic heterocycles. The van der Waals surface area contributed by atoms with Gasteiger partial charge in [-0.05, 0) is 17.7 Å². The molecule has 0 unspecified atom stereocenters. The van der Waals surface area contributed by atoms with Crippen LogP contribution in [0.15, 0.2) is 24.3 Å². The average molecular weight is 244 g/mol. The molecule has 2 N–H and O–H groups in total. The fraction of sp³-hybridized carbons (Fsp3) is 0.250. The minimum atomic E-state index is -3.67. The first-order chi connectivity index (χ1) is 6.01. The topological polar surface area (TPSA) is 35.2 Å². The number of nitrogens with two attached hydrogens (primary N) is 1. The van der Waals surface area contributed by atoms with Crippen molar-refractivity contribution in [3.8, 4) is 5.75 Å². The van der Waals surface area contributed by atoms with Crippen LogP contribution in [-0.2, 0) is 6.54 Å². The van der Waals surface area contributed by atoms with Gasteiger partial charge in [0.05, 0.1) is 0 Å². The van der Waals surface area contributed by atoms with E-state index in [4.69, 9.17) is 5.73 Å². The average Bonchev–Trinajstić information content (AvgIpc) is 2.01. The summed E-state index contributed by atoms with van der Waals surface area (Å²) in [6.07, 6.45) is 0. The number of hydrogen-bond acceptors (Lipinski definition) is 2. The van der Waals surface area contributed by atoms with Crippen LogP contribution in [0.3, 0.4) is 0 Å². The van der Waals surface area contributed by atoms with Crippen LogP contribution in [0.2, 0.25) is 0 Å². The van der Waals surface area contributed by atoms with E-state index in [0.29, 0.717) is 5.56 Å². The van der Waals surface area contributed by atoms with E-state index < -0.39 is 5.57 Å². The molecule has 1 rings (SSSR count). The smallest absolute Gasteiger partial charge is 0.420 e. The van der Waals surface area contributed by atoms with Crippen molar-refractivity contribution in [1.82, 2.24) is 0 Å². The molecular weight excluding hydrogens is 235 g/mol. The van der Waals surface area contributed by atoms with E-state index in [-0.39, 0.29) is 24.7 Å². The number of benzene rings is 1. The van der Waals surface area contributed by atoms with Gasteiger partial charge in [0.15, 0.2) is 0 Å². The Morgan fingerprint density at radius 1 is 1.43 bits per heavy atom. The van der Waals surface area contributed by atoms with Crippen molar-refractivity contribution in [2.75, 3.05) is 0 Å². The molecule has 2 nitrogen and oxygen atoms in total. The SMILES string of the molecule is Cl.NCc1cccc(OC(F)(F)Cl)c1. The first-order valence-electron chi connectivity index (χ1n) is 3.56. The zero-order valence-corrected chi connectivity index (χ0v) is 8.62. The van der Waals surface area contributed by atoms with E-state index in [0.717, 1.165) is 0 Å². The summed E-state index contributed by atoms with van der Waals surface area (Å²) in [4.78, 5) is 0. The van der Waals surface area contributed by atoms with Gasteiger partial charge in [0.25, 0.3) is 0 Å². The molecule has 1 aromatic rings. The van der Waals surface area contributed by atoms with E-state index in [1.54, 1.807) is 12.1 Å². The fourth-order valence-electron chi connectivity index (χ4n) is 0.870. The Labute approximate surface area is 91.4 Å². The largest absolute Gasteiger partial charge is 0.487 e. The number of ether oxygens (including phenoxy) is 1. The van der Waals surface area contributed by atoms with Gasteiger partial charge in [-0.15, -0.1) is 21.2 Å². The second kappa shape index (κ2) is 5.34. The summed E-state index contributed by atoms with van der Waals surface area (Å²) in [5.41, 5.74) is 2.34. The van der Waals surface area contributed by atoms with Crippen LogP contribution in [-0.4, -0.2) is 5.57 Å². The van der Waals surface area contributed by atoms with Crippen LogP contribution in [0.5, 0.6) is 5.75 Å². The van der Waals surface area contributed by atoms with E-state index in [9.17, 15) is 8.78 Å². The summed E-state index contributed by atoms with van der Waals surface area (Å²) in [6, 6.07) is 6.07. The Morgan fingerprint density at radius 2 is 2.07 bits per heavy atom. The van der Waals surface area contributed by atoms with Gasteiger partial charge in [-0.1, -0.05) is 12.1 Å².